The molecule has 0 spiro atoms. The summed E-state index contributed by atoms with van der Waals surface area (Å²) < 4.78 is 40.0. The van der Waals surface area contributed by atoms with Gasteiger partial charge in [-0.15, -0.1) is 0 Å². The fraction of sp³-hybridized carbons (Fsp3) is 0.571. The summed E-state index contributed by atoms with van der Waals surface area (Å²) in [4.78, 5) is 11.3. The van der Waals surface area contributed by atoms with Gasteiger partial charge in [-0.1, -0.05) is 6.92 Å². The fourth-order valence-corrected chi connectivity index (χ4v) is 5.45. The van der Waals surface area contributed by atoms with Crippen molar-refractivity contribution in [3.05, 3.63) is 47.2 Å². The fourth-order valence-electron chi connectivity index (χ4n) is 5.45. The number of anilines is 2. The third-order valence-electron chi connectivity index (χ3n) is 7.30. The Labute approximate surface area is 207 Å². The lowest BCUT2D eigenvalue weighted by Gasteiger charge is -2.32. The molecule has 1 N–H and O–H groups in total. The van der Waals surface area contributed by atoms with E-state index >= 15 is 0 Å². The molecule has 35 heavy (non-hydrogen) atoms. The molecule has 0 amide bonds. The molecule has 1 aliphatic heterocycles. The van der Waals surface area contributed by atoms with Gasteiger partial charge in [-0.2, -0.15) is 13.2 Å². The van der Waals surface area contributed by atoms with Crippen LogP contribution in [0.2, 0.25) is 0 Å². The van der Waals surface area contributed by atoms with Gasteiger partial charge in [0.2, 0.25) is 0 Å². The van der Waals surface area contributed by atoms with Crippen LogP contribution in [0.5, 0.6) is 0 Å². The summed E-state index contributed by atoms with van der Waals surface area (Å²) in [5, 5.41) is 3.08. The number of pyridine rings is 1. The van der Waals surface area contributed by atoms with Gasteiger partial charge in [0.25, 0.3) is 0 Å². The normalized spacial score (nSPS) is 21.5. The largest absolute Gasteiger partial charge is 0.419 e. The molecule has 1 aromatic heterocycles. The Hall–Kier alpha value is -2.57. The van der Waals surface area contributed by atoms with E-state index in [1.165, 1.54) is 48.3 Å². The van der Waals surface area contributed by atoms with Gasteiger partial charge < -0.3 is 10.2 Å². The number of benzene rings is 1. The Morgan fingerprint density at radius 1 is 1.11 bits per heavy atom. The standard InChI is InChI=1S/C28H37F3N4/c1-3-13-32-26-20(2)17-24(35-15-5-4-6-16-35)19-22(26)18-21-9-11-23(12-10-21)34-27-25(28(29,30)31)8-7-14-33-27/h7-8,13-14,17,19,21,23H,3-6,9-12,15-16,18H2,1-2H3,(H,33,34)/b32-13-/t21-,23+. The van der Waals surface area contributed by atoms with Crippen LogP contribution in [0.4, 0.5) is 30.4 Å². The van der Waals surface area contributed by atoms with Crippen molar-refractivity contribution in [2.45, 2.75) is 83.9 Å². The van der Waals surface area contributed by atoms with Gasteiger partial charge in [-0.25, -0.2) is 4.98 Å². The number of nitrogens with zero attached hydrogens (tertiary/aromatic N) is 3. The summed E-state index contributed by atoms with van der Waals surface area (Å²) in [6.45, 7) is 6.48. The average Bonchev–Trinajstić information content (AvgIpc) is 2.85. The van der Waals surface area contributed by atoms with Crippen LogP contribution in [0.15, 0.2) is 35.5 Å². The van der Waals surface area contributed by atoms with Crippen LogP contribution in [0.1, 0.15) is 75.0 Å². The van der Waals surface area contributed by atoms with Gasteiger partial charge in [0, 0.05) is 37.2 Å². The van der Waals surface area contributed by atoms with Crippen LogP contribution in [0, 0.1) is 12.8 Å². The van der Waals surface area contributed by atoms with Crippen molar-refractivity contribution in [3.63, 3.8) is 0 Å². The Morgan fingerprint density at radius 3 is 2.54 bits per heavy atom. The van der Waals surface area contributed by atoms with Gasteiger partial charge in [0.15, 0.2) is 0 Å². The van der Waals surface area contributed by atoms with Gasteiger partial charge in [-0.3, -0.25) is 4.99 Å². The second-order valence-electron chi connectivity index (χ2n) is 10.0. The number of hydrogen-bond donors (Lipinski definition) is 1. The summed E-state index contributed by atoms with van der Waals surface area (Å²) in [7, 11) is 0. The van der Waals surface area contributed by atoms with Crippen molar-refractivity contribution in [2.75, 3.05) is 23.3 Å². The Bertz CT molecular complexity index is 1000. The molecule has 2 aliphatic rings. The van der Waals surface area contributed by atoms with E-state index in [4.69, 9.17) is 4.99 Å². The monoisotopic (exact) mass is 486 g/mol. The molecule has 1 saturated heterocycles. The Morgan fingerprint density at radius 2 is 1.86 bits per heavy atom. The SMILES string of the molecule is CC/C=N\c1c(C)cc(N2CCCCC2)cc1C[C@H]1CC[C@@H](Nc2ncccc2C(F)(F)F)CC1. The van der Waals surface area contributed by atoms with Crippen LogP contribution in [0.3, 0.4) is 0 Å². The minimum atomic E-state index is -4.40. The Balaban J connectivity index is 1.44. The van der Waals surface area contributed by atoms with Crippen molar-refractivity contribution in [3.8, 4) is 0 Å². The lowest BCUT2D eigenvalue weighted by Crippen LogP contribution is -2.30. The predicted molar refractivity (Wildman–Crippen MR) is 138 cm³/mol. The van der Waals surface area contributed by atoms with Crippen LogP contribution < -0.4 is 10.2 Å². The molecule has 0 atom stereocenters. The molecule has 1 aliphatic carbocycles. The van der Waals surface area contributed by atoms with Gasteiger partial charge >= 0.3 is 6.18 Å². The van der Waals surface area contributed by atoms with Crippen LogP contribution in [-0.4, -0.2) is 30.3 Å². The summed E-state index contributed by atoms with van der Waals surface area (Å²) in [6.07, 6.45) is 8.31. The molecule has 1 aromatic carbocycles. The van der Waals surface area contributed by atoms with E-state index in [0.717, 1.165) is 63.4 Å². The van der Waals surface area contributed by atoms with Gasteiger partial charge in [0.1, 0.15) is 5.82 Å². The van der Waals surface area contributed by atoms with Crippen LogP contribution in [-0.2, 0) is 12.6 Å². The summed E-state index contributed by atoms with van der Waals surface area (Å²) in [6, 6.07) is 7.07. The highest BCUT2D eigenvalue weighted by molar-refractivity contribution is 5.70. The maximum absolute atomic E-state index is 13.3. The second-order valence-corrected chi connectivity index (χ2v) is 10.0. The van der Waals surface area contributed by atoms with E-state index in [-0.39, 0.29) is 11.9 Å². The van der Waals surface area contributed by atoms with E-state index in [2.05, 4.69) is 41.2 Å². The maximum atomic E-state index is 13.3. The molecule has 4 nitrogen and oxygen atoms in total. The van der Waals surface area contributed by atoms with Crippen LogP contribution in [0.25, 0.3) is 0 Å². The van der Waals surface area contributed by atoms with Crippen molar-refractivity contribution < 1.29 is 13.2 Å². The first-order valence-electron chi connectivity index (χ1n) is 13.0. The smallest absolute Gasteiger partial charge is 0.372 e. The number of hydrogen-bond acceptors (Lipinski definition) is 4. The molecule has 1 saturated carbocycles. The van der Waals surface area contributed by atoms with E-state index in [1.807, 2.05) is 6.21 Å². The minimum absolute atomic E-state index is 0.0150. The first-order valence-corrected chi connectivity index (χ1v) is 13.0. The third-order valence-corrected chi connectivity index (χ3v) is 7.30. The lowest BCUT2D eigenvalue weighted by atomic mass is 9.81. The highest BCUT2D eigenvalue weighted by Gasteiger charge is 2.35. The molecule has 7 heteroatoms. The molecule has 190 valence electrons. The number of alkyl halides is 3. The first-order chi connectivity index (χ1) is 16.8. The number of rotatable bonds is 7. The number of aliphatic imine (C=N–C) groups is 1. The number of halogens is 3. The first kappa shape index (κ1) is 25.5. The van der Waals surface area contributed by atoms with Crippen molar-refractivity contribution in [1.82, 2.24) is 4.98 Å². The third kappa shape index (κ3) is 6.56. The molecule has 0 radical (unpaired) electrons. The summed E-state index contributed by atoms with van der Waals surface area (Å²) in [5.41, 5.74) is 4.23. The molecule has 0 unspecified atom stereocenters. The zero-order valence-electron chi connectivity index (χ0n) is 20.9. The van der Waals surface area contributed by atoms with Crippen molar-refractivity contribution >= 4 is 23.4 Å². The van der Waals surface area contributed by atoms with E-state index in [9.17, 15) is 13.2 Å². The highest BCUT2D eigenvalue weighted by Crippen LogP contribution is 2.38. The molecule has 2 heterocycles. The minimum Gasteiger partial charge on any atom is -0.372 e. The van der Waals surface area contributed by atoms with E-state index in [0.29, 0.717) is 5.92 Å². The van der Waals surface area contributed by atoms with E-state index < -0.39 is 11.7 Å². The summed E-state index contributed by atoms with van der Waals surface area (Å²) >= 11 is 0. The Kier molecular flexibility index (Phi) is 8.34. The van der Waals surface area contributed by atoms with E-state index in [1.54, 1.807) is 0 Å². The molecular formula is C28H37F3N4. The maximum Gasteiger partial charge on any atom is 0.419 e. The number of aryl methyl sites for hydroxylation is 1. The van der Waals surface area contributed by atoms with Gasteiger partial charge in [0.05, 0.1) is 11.3 Å². The number of nitrogens with one attached hydrogen (secondary N) is 1. The molecular weight excluding hydrogens is 449 g/mol. The molecule has 0 bridgehead atoms. The number of aromatic nitrogens is 1. The van der Waals surface area contributed by atoms with Crippen molar-refractivity contribution in [1.29, 1.82) is 0 Å². The topological polar surface area (TPSA) is 40.5 Å². The van der Waals surface area contributed by atoms with Gasteiger partial charge in [-0.05, 0) is 106 Å². The van der Waals surface area contributed by atoms with Crippen molar-refractivity contribution in [2.24, 2.45) is 10.9 Å². The second kappa shape index (κ2) is 11.4. The zero-order chi connectivity index (χ0) is 24.8. The zero-order valence-corrected chi connectivity index (χ0v) is 20.9. The summed E-state index contributed by atoms with van der Waals surface area (Å²) in [5.74, 6) is 0.454. The average molecular weight is 487 g/mol. The number of piperidine rings is 1. The predicted octanol–water partition coefficient (Wildman–Crippen LogP) is 7.72. The molecule has 2 aromatic rings. The molecule has 4 rings (SSSR count). The quantitative estimate of drug-likeness (QED) is 0.407. The lowest BCUT2D eigenvalue weighted by molar-refractivity contribution is -0.137. The highest BCUT2D eigenvalue weighted by atomic mass is 19.4. The molecule has 2 fully saturated rings. The van der Waals surface area contributed by atoms with Crippen LogP contribution >= 0.6 is 0 Å².